The highest BCUT2D eigenvalue weighted by Crippen LogP contribution is 2.35. The van der Waals surface area contributed by atoms with Crippen molar-refractivity contribution in [1.29, 1.82) is 0 Å². The first-order valence-corrected chi connectivity index (χ1v) is 9.26. The van der Waals surface area contributed by atoms with E-state index in [0.717, 1.165) is 11.1 Å². The summed E-state index contributed by atoms with van der Waals surface area (Å²) in [5.41, 5.74) is 2.94. The van der Waals surface area contributed by atoms with Gasteiger partial charge in [0.2, 0.25) is 5.95 Å². The minimum atomic E-state index is -0.501. The van der Waals surface area contributed by atoms with Gasteiger partial charge in [0.25, 0.3) is 0 Å². The largest absolute Gasteiger partial charge is 0.489 e. The molecule has 3 aromatic rings. The lowest BCUT2D eigenvalue weighted by Crippen LogP contribution is -2.29. The van der Waals surface area contributed by atoms with Crippen molar-refractivity contribution in [3.05, 3.63) is 76.0 Å². The van der Waals surface area contributed by atoms with Gasteiger partial charge in [0.1, 0.15) is 18.4 Å². The molecule has 29 heavy (non-hydrogen) atoms. The number of rotatable bonds is 5. The molecular weight excluding hydrogens is 394 g/mol. The SMILES string of the molecule is COC(=O)C1=C(C)Nc2nnnn2C1c1ccc(OCc2ccc(Cl)cc2)cc1. The summed E-state index contributed by atoms with van der Waals surface area (Å²) < 4.78 is 12.4. The van der Waals surface area contributed by atoms with Gasteiger partial charge in [-0.1, -0.05) is 41.0 Å². The Morgan fingerprint density at radius 2 is 1.90 bits per heavy atom. The summed E-state index contributed by atoms with van der Waals surface area (Å²) >= 11 is 5.90. The topological polar surface area (TPSA) is 91.2 Å². The van der Waals surface area contributed by atoms with E-state index in [4.69, 9.17) is 21.1 Å². The fourth-order valence-corrected chi connectivity index (χ4v) is 3.31. The van der Waals surface area contributed by atoms with Crippen molar-refractivity contribution < 1.29 is 14.3 Å². The number of benzene rings is 2. The van der Waals surface area contributed by atoms with Crippen LogP contribution in [0.15, 0.2) is 59.8 Å². The summed E-state index contributed by atoms with van der Waals surface area (Å²) in [6.45, 7) is 2.22. The van der Waals surface area contributed by atoms with Crippen molar-refractivity contribution in [3.63, 3.8) is 0 Å². The predicted octanol–water partition coefficient (Wildman–Crippen LogP) is 3.37. The first kappa shape index (κ1) is 18.9. The van der Waals surface area contributed by atoms with Gasteiger partial charge in [-0.15, -0.1) is 0 Å². The van der Waals surface area contributed by atoms with Crippen molar-refractivity contribution in [2.45, 2.75) is 19.6 Å². The predicted molar refractivity (Wildman–Crippen MR) is 107 cm³/mol. The van der Waals surface area contributed by atoms with Gasteiger partial charge in [-0.05, 0) is 52.7 Å². The van der Waals surface area contributed by atoms with Crippen LogP contribution >= 0.6 is 11.6 Å². The van der Waals surface area contributed by atoms with Crippen molar-refractivity contribution in [1.82, 2.24) is 20.2 Å². The first-order valence-electron chi connectivity index (χ1n) is 8.88. The highest BCUT2D eigenvalue weighted by atomic mass is 35.5. The molecule has 1 N–H and O–H groups in total. The Kier molecular flexibility index (Phi) is 5.18. The zero-order valence-corrected chi connectivity index (χ0v) is 16.6. The number of halogens is 1. The molecule has 2 heterocycles. The third kappa shape index (κ3) is 3.79. The molecule has 0 radical (unpaired) electrons. The van der Waals surface area contributed by atoms with E-state index >= 15 is 0 Å². The summed E-state index contributed by atoms with van der Waals surface area (Å²) in [5, 5.41) is 15.4. The lowest BCUT2D eigenvalue weighted by Gasteiger charge is -2.27. The average Bonchev–Trinajstić information content (AvgIpc) is 3.20. The standard InChI is InChI=1S/C20H18ClN5O3/c1-12-17(19(27)28-2)18(26-20(22-12)23-24-25-26)14-5-9-16(10-6-14)29-11-13-3-7-15(21)8-4-13/h3-10,18H,11H2,1-2H3,(H,22,23,25). The lowest BCUT2D eigenvalue weighted by molar-refractivity contribution is -0.136. The monoisotopic (exact) mass is 411 g/mol. The molecule has 1 aliphatic heterocycles. The van der Waals surface area contributed by atoms with Crippen LogP contribution in [0.4, 0.5) is 5.95 Å². The van der Waals surface area contributed by atoms with Crippen molar-refractivity contribution >= 4 is 23.5 Å². The second kappa shape index (κ2) is 7.92. The highest BCUT2D eigenvalue weighted by Gasteiger charge is 2.34. The number of carbonyl (C=O) groups is 1. The molecule has 0 bridgehead atoms. The molecule has 0 saturated carbocycles. The molecule has 1 unspecified atom stereocenters. The third-order valence-electron chi connectivity index (χ3n) is 4.63. The summed E-state index contributed by atoms with van der Waals surface area (Å²) in [6, 6.07) is 14.5. The number of carbonyl (C=O) groups excluding carboxylic acids is 1. The number of esters is 1. The van der Waals surface area contributed by atoms with Gasteiger partial charge in [0.05, 0.1) is 12.7 Å². The summed E-state index contributed by atoms with van der Waals surface area (Å²) in [5.74, 6) is 0.724. The molecule has 0 fully saturated rings. The van der Waals surface area contributed by atoms with Crippen LogP contribution in [0.1, 0.15) is 24.1 Å². The Morgan fingerprint density at radius 1 is 1.17 bits per heavy atom. The van der Waals surface area contributed by atoms with Gasteiger partial charge in [0.15, 0.2) is 0 Å². The van der Waals surface area contributed by atoms with Crippen LogP contribution in [0.3, 0.4) is 0 Å². The Labute approximate surface area is 172 Å². The maximum Gasteiger partial charge on any atom is 0.338 e. The number of tetrazole rings is 1. The van der Waals surface area contributed by atoms with E-state index in [1.54, 1.807) is 11.6 Å². The number of hydrogen-bond donors (Lipinski definition) is 1. The fraction of sp³-hybridized carbons (Fsp3) is 0.200. The number of ether oxygens (including phenoxy) is 2. The van der Waals surface area contributed by atoms with E-state index in [9.17, 15) is 4.79 Å². The number of nitrogens with one attached hydrogen (secondary N) is 1. The van der Waals surface area contributed by atoms with E-state index in [1.807, 2.05) is 48.5 Å². The maximum absolute atomic E-state index is 12.4. The zero-order chi connectivity index (χ0) is 20.4. The molecule has 9 heteroatoms. The van der Waals surface area contributed by atoms with Gasteiger partial charge in [-0.3, -0.25) is 0 Å². The molecule has 2 aromatic carbocycles. The van der Waals surface area contributed by atoms with Gasteiger partial charge >= 0.3 is 5.97 Å². The van der Waals surface area contributed by atoms with Gasteiger partial charge < -0.3 is 14.8 Å². The summed E-state index contributed by atoms with van der Waals surface area (Å²) in [7, 11) is 1.35. The number of methoxy groups -OCH3 is 1. The van der Waals surface area contributed by atoms with Crippen LogP contribution in [0.2, 0.25) is 5.02 Å². The first-order chi connectivity index (χ1) is 14.1. The fourth-order valence-electron chi connectivity index (χ4n) is 3.19. The molecule has 1 atom stereocenters. The highest BCUT2D eigenvalue weighted by molar-refractivity contribution is 6.30. The van der Waals surface area contributed by atoms with E-state index in [-0.39, 0.29) is 0 Å². The van der Waals surface area contributed by atoms with Crippen LogP contribution < -0.4 is 10.1 Å². The third-order valence-corrected chi connectivity index (χ3v) is 4.89. The van der Waals surface area contributed by atoms with E-state index < -0.39 is 12.0 Å². The van der Waals surface area contributed by atoms with E-state index in [0.29, 0.717) is 34.6 Å². The number of anilines is 1. The molecule has 0 spiro atoms. The van der Waals surface area contributed by atoms with E-state index in [2.05, 4.69) is 20.8 Å². The normalized spacial score (nSPS) is 15.5. The summed E-state index contributed by atoms with van der Waals surface area (Å²) in [4.78, 5) is 12.4. The average molecular weight is 412 g/mol. The zero-order valence-electron chi connectivity index (χ0n) is 15.8. The van der Waals surface area contributed by atoms with Gasteiger partial charge in [0, 0.05) is 10.7 Å². The number of nitrogens with zero attached hydrogens (tertiary/aromatic N) is 4. The number of fused-ring (bicyclic) bond motifs is 1. The maximum atomic E-state index is 12.4. The molecular formula is C20H18ClN5O3. The van der Waals surface area contributed by atoms with E-state index in [1.165, 1.54) is 7.11 Å². The van der Waals surface area contributed by atoms with Crippen LogP contribution in [-0.4, -0.2) is 33.3 Å². The second-order valence-corrected chi connectivity index (χ2v) is 6.93. The Balaban J connectivity index is 1.58. The minimum Gasteiger partial charge on any atom is -0.489 e. The van der Waals surface area contributed by atoms with Gasteiger partial charge in [-0.25, -0.2) is 4.79 Å². The molecule has 0 saturated heterocycles. The molecule has 1 aliphatic rings. The second-order valence-electron chi connectivity index (χ2n) is 6.49. The molecule has 1 aromatic heterocycles. The minimum absolute atomic E-state index is 0.424. The molecule has 0 aliphatic carbocycles. The smallest absolute Gasteiger partial charge is 0.338 e. The van der Waals surface area contributed by atoms with Crippen molar-refractivity contribution in [3.8, 4) is 5.75 Å². The van der Waals surface area contributed by atoms with Gasteiger partial charge in [-0.2, -0.15) is 4.68 Å². The number of allylic oxidation sites excluding steroid dienone is 1. The Morgan fingerprint density at radius 3 is 2.59 bits per heavy atom. The van der Waals surface area contributed by atoms with Crippen LogP contribution in [0.25, 0.3) is 0 Å². The Hall–Kier alpha value is -3.39. The van der Waals surface area contributed by atoms with Crippen LogP contribution in [0.5, 0.6) is 5.75 Å². The quantitative estimate of drug-likeness (QED) is 0.643. The van der Waals surface area contributed by atoms with Crippen LogP contribution in [-0.2, 0) is 16.1 Å². The molecule has 0 amide bonds. The van der Waals surface area contributed by atoms with Crippen molar-refractivity contribution in [2.24, 2.45) is 0 Å². The molecule has 8 nitrogen and oxygen atoms in total. The molecule has 148 valence electrons. The van der Waals surface area contributed by atoms with Crippen LogP contribution in [0, 0.1) is 0 Å². The Bertz CT molecular complexity index is 1060. The van der Waals surface area contributed by atoms with Crippen molar-refractivity contribution in [2.75, 3.05) is 12.4 Å². The number of hydrogen-bond acceptors (Lipinski definition) is 7. The lowest BCUT2D eigenvalue weighted by atomic mass is 9.96. The number of aromatic nitrogens is 4. The molecule has 4 rings (SSSR count). The summed E-state index contributed by atoms with van der Waals surface area (Å²) in [6.07, 6.45) is 0.